The van der Waals surface area contributed by atoms with Gasteiger partial charge in [-0.3, -0.25) is 4.55 Å². The minimum atomic E-state index is -4.70. The van der Waals surface area contributed by atoms with Crippen LogP contribution in [0, 0.1) is 6.92 Å². The predicted octanol–water partition coefficient (Wildman–Crippen LogP) is 4.70. The second-order valence-electron chi connectivity index (χ2n) is 7.19. The molecule has 0 radical (unpaired) electrons. The van der Waals surface area contributed by atoms with Crippen molar-refractivity contribution in [3.8, 4) is 17.4 Å². The van der Waals surface area contributed by atoms with Gasteiger partial charge in [0.2, 0.25) is 5.88 Å². The molecule has 0 aliphatic carbocycles. The number of aryl methyl sites for hydroxylation is 1. The van der Waals surface area contributed by atoms with Crippen molar-refractivity contribution >= 4 is 10.1 Å². The van der Waals surface area contributed by atoms with E-state index in [9.17, 15) is 21.6 Å². The molecule has 0 amide bonds. The van der Waals surface area contributed by atoms with Gasteiger partial charge in [0.05, 0.1) is 4.90 Å². The first-order valence-corrected chi connectivity index (χ1v) is 11.2. The molecule has 7 nitrogen and oxygen atoms in total. The number of nitrogens with zero attached hydrogens (tertiary/aromatic N) is 1. The summed E-state index contributed by atoms with van der Waals surface area (Å²) in [5, 5.41) is 3.18. The maximum Gasteiger partial charge on any atom is 0.573 e. The molecule has 11 heteroatoms. The molecule has 2 N–H and O–H groups in total. The Morgan fingerprint density at radius 3 is 2.03 bits per heavy atom. The molecule has 1 fully saturated rings. The van der Waals surface area contributed by atoms with Crippen LogP contribution in [0.3, 0.4) is 0 Å². The van der Waals surface area contributed by atoms with Crippen molar-refractivity contribution in [1.82, 2.24) is 10.3 Å². The van der Waals surface area contributed by atoms with Crippen molar-refractivity contribution in [2.45, 2.75) is 24.1 Å². The standard InChI is InChI=1S/C15H13F3N2O2.C7H8O3S/c16-15(17,18)22-13-4-2-12(3-5-13)21-14-6-1-10(9-20-14)11-7-19-8-11;1-6-2-4-7(5-3-6)11(8,9)10/h1-6,9,11,19H,7-8H2;2-5H,1H3,(H,8,9,10). The zero-order valence-corrected chi connectivity index (χ0v) is 18.2. The third-order valence-corrected chi connectivity index (χ3v) is 5.48. The maximum absolute atomic E-state index is 12.1. The molecule has 2 aromatic carbocycles. The first-order valence-electron chi connectivity index (χ1n) is 9.74. The van der Waals surface area contributed by atoms with Gasteiger partial charge in [-0.25, -0.2) is 4.98 Å². The number of rotatable bonds is 5. The fourth-order valence-electron chi connectivity index (χ4n) is 2.76. The molecule has 1 aromatic heterocycles. The Labute approximate surface area is 188 Å². The van der Waals surface area contributed by atoms with Gasteiger partial charge in [0.15, 0.2) is 0 Å². The van der Waals surface area contributed by atoms with Crippen molar-refractivity contribution in [2.75, 3.05) is 13.1 Å². The minimum Gasteiger partial charge on any atom is -0.439 e. The van der Waals surface area contributed by atoms with Crippen LogP contribution in [0.2, 0.25) is 0 Å². The van der Waals surface area contributed by atoms with E-state index in [1.165, 1.54) is 36.4 Å². The summed E-state index contributed by atoms with van der Waals surface area (Å²) in [7, 11) is -4.02. The Balaban J connectivity index is 0.000000235. The van der Waals surface area contributed by atoms with Crippen LogP contribution in [0.15, 0.2) is 71.8 Å². The number of alkyl halides is 3. The second kappa shape index (κ2) is 10.2. The maximum atomic E-state index is 12.1. The number of nitrogens with one attached hydrogen (secondary N) is 1. The minimum absolute atomic E-state index is 0.0666. The third kappa shape index (κ3) is 7.74. The first-order chi connectivity index (χ1) is 15.5. The monoisotopic (exact) mass is 482 g/mol. The number of hydrogen-bond donors (Lipinski definition) is 2. The van der Waals surface area contributed by atoms with Gasteiger partial charge in [-0.15, -0.1) is 13.2 Å². The van der Waals surface area contributed by atoms with Gasteiger partial charge in [0.1, 0.15) is 11.5 Å². The number of halogens is 3. The Morgan fingerprint density at radius 2 is 1.58 bits per heavy atom. The lowest BCUT2D eigenvalue weighted by molar-refractivity contribution is -0.274. The van der Waals surface area contributed by atoms with Crippen LogP contribution in [0.25, 0.3) is 0 Å². The fraction of sp³-hybridized carbons (Fsp3) is 0.227. The molecule has 2 heterocycles. The van der Waals surface area contributed by atoms with E-state index in [1.807, 2.05) is 13.0 Å². The number of ether oxygens (including phenoxy) is 2. The van der Waals surface area contributed by atoms with Gasteiger partial charge in [0, 0.05) is 31.3 Å². The highest BCUT2D eigenvalue weighted by Crippen LogP contribution is 2.27. The molecule has 1 aliphatic heterocycles. The summed E-state index contributed by atoms with van der Waals surface area (Å²) in [4.78, 5) is 4.13. The average molecular weight is 482 g/mol. The van der Waals surface area contributed by atoms with Crippen LogP contribution in [-0.2, 0) is 10.1 Å². The van der Waals surface area contributed by atoms with Crippen molar-refractivity contribution in [3.05, 3.63) is 78.0 Å². The van der Waals surface area contributed by atoms with Crippen molar-refractivity contribution < 1.29 is 35.6 Å². The number of pyridine rings is 1. The molecule has 1 saturated heterocycles. The van der Waals surface area contributed by atoms with E-state index in [2.05, 4.69) is 15.0 Å². The van der Waals surface area contributed by atoms with Gasteiger partial charge in [0.25, 0.3) is 10.1 Å². The van der Waals surface area contributed by atoms with Gasteiger partial charge in [-0.2, -0.15) is 8.42 Å². The Bertz CT molecular complexity index is 1150. The molecule has 1 aliphatic rings. The van der Waals surface area contributed by atoms with E-state index in [0.29, 0.717) is 17.5 Å². The van der Waals surface area contributed by atoms with E-state index in [1.54, 1.807) is 24.4 Å². The van der Waals surface area contributed by atoms with Crippen LogP contribution in [0.4, 0.5) is 13.2 Å². The topological polar surface area (TPSA) is 97.8 Å². The lowest BCUT2D eigenvalue weighted by Crippen LogP contribution is -2.39. The summed E-state index contributed by atoms with van der Waals surface area (Å²) >= 11 is 0. The average Bonchev–Trinajstić information content (AvgIpc) is 2.69. The highest BCUT2D eigenvalue weighted by atomic mass is 32.2. The van der Waals surface area contributed by atoms with Crippen molar-refractivity contribution in [3.63, 3.8) is 0 Å². The zero-order valence-electron chi connectivity index (χ0n) is 17.4. The zero-order chi connectivity index (χ0) is 24.1. The van der Waals surface area contributed by atoms with E-state index in [4.69, 9.17) is 9.29 Å². The van der Waals surface area contributed by atoms with Crippen LogP contribution >= 0.6 is 0 Å². The quantitative estimate of drug-likeness (QED) is 0.509. The van der Waals surface area contributed by atoms with E-state index in [0.717, 1.165) is 24.2 Å². The van der Waals surface area contributed by atoms with Crippen LogP contribution < -0.4 is 14.8 Å². The molecular weight excluding hydrogens is 461 g/mol. The number of hydrogen-bond acceptors (Lipinski definition) is 6. The molecule has 0 saturated carbocycles. The lowest BCUT2D eigenvalue weighted by atomic mass is 9.95. The van der Waals surface area contributed by atoms with Crippen LogP contribution in [-0.4, -0.2) is 37.4 Å². The van der Waals surface area contributed by atoms with Gasteiger partial charge in [-0.05, 0) is 48.9 Å². The summed E-state index contributed by atoms with van der Waals surface area (Å²) in [6.07, 6.45) is -2.95. The molecule has 0 unspecified atom stereocenters. The fourth-order valence-corrected chi connectivity index (χ4v) is 3.24. The molecule has 0 spiro atoms. The SMILES string of the molecule is Cc1ccc(S(=O)(=O)O)cc1.FC(F)(F)Oc1ccc(Oc2ccc(C3CNC3)cn2)cc1. The van der Waals surface area contributed by atoms with Gasteiger partial charge in [-0.1, -0.05) is 23.8 Å². The summed E-state index contributed by atoms with van der Waals surface area (Å²) in [5.41, 5.74) is 2.09. The van der Waals surface area contributed by atoms with Crippen molar-refractivity contribution in [1.29, 1.82) is 0 Å². The first kappa shape index (κ1) is 24.5. The number of benzene rings is 2. The highest BCUT2D eigenvalue weighted by Gasteiger charge is 2.31. The van der Waals surface area contributed by atoms with Gasteiger partial charge >= 0.3 is 6.36 Å². The largest absolute Gasteiger partial charge is 0.573 e. The molecule has 33 heavy (non-hydrogen) atoms. The van der Waals surface area contributed by atoms with E-state index in [-0.39, 0.29) is 10.6 Å². The number of aromatic nitrogens is 1. The highest BCUT2D eigenvalue weighted by molar-refractivity contribution is 7.85. The van der Waals surface area contributed by atoms with E-state index < -0.39 is 16.5 Å². The Hall–Kier alpha value is -3.15. The Kier molecular flexibility index (Phi) is 7.57. The molecule has 0 bridgehead atoms. The van der Waals surface area contributed by atoms with E-state index >= 15 is 0 Å². The summed E-state index contributed by atoms with van der Waals surface area (Å²) in [6, 6.07) is 14.8. The van der Waals surface area contributed by atoms with Crippen LogP contribution in [0.1, 0.15) is 17.0 Å². The van der Waals surface area contributed by atoms with Crippen molar-refractivity contribution in [2.24, 2.45) is 0 Å². The lowest BCUT2D eigenvalue weighted by Gasteiger charge is -2.27. The molecule has 3 aromatic rings. The summed E-state index contributed by atoms with van der Waals surface area (Å²) in [5.74, 6) is 0.974. The third-order valence-electron chi connectivity index (χ3n) is 4.61. The van der Waals surface area contributed by atoms with Gasteiger partial charge < -0.3 is 14.8 Å². The Morgan fingerprint density at radius 1 is 0.970 bits per heavy atom. The molecule has 176 valence electrons. The molecule has 0 atom stereocenters. The second-order valence-corrected chi connectivity index (χ2v) is 8.62. The van der Waals surface area contributed by atoms with Crippen LogP contribution in [0.5, 0.6) is 17.4 Å². The summed E-state index contributed by atoms with van der Waals surface area (Å²) in [6.45, 7) is 3.73. The predicted molar refractivity (Wildman–Crippen MR) is 114 cm³/mol. The summed E-state index contributed by atoms with van der Waals surface area (Å²) < 4.78 is 75.0. The normalized spacial score (nSPS) is 14.0. The smallest absolute Gasteiger partial charge is 0.439 e. The molecular formula is C22H21F3N2O5S. The molecule has 4 rings (SSSR count).